The molecule has 0 radical (unpaired) electrons. The van der Waals surface area contributed by atoms with Crippen molar-refractivity contribution < 1.29 is 9.53 Å². The quantitative estimate of drug-likeness (QED) is 0.394. The summed E-state index contributed by atoms with van der Waals surface area (Å²) in [5.74, 6) is 0.911. The molecule has 0 heterocycles. The van der Waals surface area contributed by atoms with Crippen LogP contribution in [-0.2, 0) is 9.53 Å². The Bertz CT molecular complexity index is 290. The van der Waals surface area contributed by atoms with Gasteiger partial charge in [0.25, 0.3) is 0 Å². The number of nitrogens with zero attached hydrogens (tertiary/aromatic N) is 1. The van der Waals surface area contributed by atoms with Crippen LogP contribution in [0, 0.1) is 5.92 Å². The van der Waals surface area contributed by atoms with Crippen molar-refractivity contribution in [3.05, 3.63) is 23.5 Å². The Morgan fingerprint density at radius 1 is 1.44 bits per heavy atom. The van der Waals surface area contributed by atoms with Crippen LogP contribution < -0.4 is 0 Å². The van der Waals surface area contributed by atoms with Gasteiger partial charge in [-0.05, 0) is 45.7 Å². The van der Waals surface area contributed by atoms with Crippen LogP contribution in [0.5, 0.6) is 0 Å². The lowest BCUT2D eigenvalue weighted by Gasteiger charge is -2.16. The van der Waals surface area contributed by atoms with E-state index in [-0.39, 0.29) is 11.7 Å². The van der Waals surface area contributed by atoms with Crippen molar-refractivity contribution in [3.8, 4) is 0 Å². The number of rotatable bonds is 6. The molecule has 0 aromatic heterocycles. The van der Waals surface area contributed by atoms with Gasteiger partial charge < -0.3 is 9.64 Å². The molecule has 0 spiro atoms. The minimum absolute atomic E-state index is 0.0150. The molecule has 0 bridgehead atoms. The first kappa shape index (κ1) is 14.9. The van der Waals surface area contributed by atoms with Crippen LogP contribution in [0.2, 0.25) is 0 Å². The molecular weight excluding hydrogens is 202 g/mol. The van der Waals surface area contributed by atoms with Crippen molar-refractivity contribution in [2.24, 2.45) is 5.92 Å². The lowest BCUT2D eigenvalue weighted by Crippen LogP contribution is -2.26. The number of ether oxygens (including phenoxy) is 1. The third-order valence-corrected chi connectivity index (χ3v) is 2.35. The minimum atomic E-state index is 0.0150. The smallest absolute Gasteiger partial charge is 0.162 e. The average Bonchev–Trinajstić information content (AvgIpc) is 2.23. The van der Waals surface area contributed by atoms with Gasteiger partial charge in [0.2, 0.25) is 0 Å². The Morgan fingerprint density at radius 2 is 2.00 bits per heavy atom. The molecule has 0 saturated carbocycles. The first-order chi connectivity index (χ1) is 7.42. The van der Waals surface area contributed by atoms with E-state index >= 15 is 0 Å². The van der Waals surface area contributed by atoms with E-state index in [0.717, 1.165) is 17.9 Å². The Kier molecular flexibility index (Phi) is 6.74. The Labute approximate surface area is 98.8 Å². The molecule has 0 rings (SSSR count). The van der Waals surface area contributed by atoms with Crippen LogP contribution in [0.25, 0.3) is 0 Å². The fraction of sp³-hybridized carbons (Fsp3) is 0.615. The van der Waals surface area contributed by atoms with E-state index in [0.29, 0.717) is 0 Å². The van der Waals surface area contributed by atoms with Gasteiger partial charge in [0.05, 0.1) is 7.11 Å². The van der Waals surface area contributed by atoms with Crippen molar-refractivity contribution >= 4 is 5.78 Å². The molecule has 0 aromatic carbocycles. The molecule has 0 aliphatic heterocycles. The van der Waals surface area contributed by atoms with Gasteiger partial charge in [-0.15, -0.1) is 0 Å². The predicted molar refractivity (Wildman–Crippen MR) is 67.2 cm³/mol. The Balaban J connectivity index is 4.60. The second-order valence-corrected chi connectivity index (χ2v) is 4.25. The van der Waals surface area contributed by atoms with Crippen molar-refractivity contribution in [1.82, 2.24) is 4.90 Å². The molecule has 0 fully saturated rings. The molecule has 0 N–H and O–H groups in total. The maximum Gasteiger partial charge on any atom is 0.162 e. The number of methoxy groups -OCH3 is 1. The van der Waals surface area contributed by atoms with Crippen molar-refractivity contribution in [2.45, 2.75) is 20.8 Å². The molecule has 1 unspecified atom stereocenters. The van der Waals surface area contributed by atoms with Gasteiger partial charge in [-0.2, -0.15) is 0 Å². The fourth-order valence-electron chi connectivity index (χ4n) is 1.56. The summed E-state index contributed by atoms with van der Waals surface area (Å²) in [7, 11) is 5.54. The summed E-state index contributed by atoms with van der Waals surface area (Å²) < 4.78 is 5.10. The summed E-state index contributed by atoms with van der Waals surface area (Å²) in [6, 6.07) is 0. The summed E-state index contributed by atoms with van der Waals surface area (Å²) in [6.45, 7) is 6.43. The first-order valence-corrected chi connectivity index (χ1v) is 5.49. The summed E-state index contributed by atoms with van der Waals surface area (Å²) in [4.78, 5) is 14.0. The normalized spacial score (nSPS) is 15.2. The summed E-state index contributed by atoms with van der Waals surface area (Å²) in [5.41, 5.74) is 0.740. The number of hydrogen-bond acceptors (Lipinski definition) is 3. The highest BCUT2D eigenvalue weighted by atomic mass is 16.5. The third-order valence-electron chi connectivity index (χ3n) is 2.35. The highest BCUT2D eigenvalue weighted by Gasteiger charge is 2.15. The molecule has 0 aliphatic carbocycles. The van der Waals surface area contributed by atoms with Gasteiger partial charge in [0.1, 0.15) is 5.76 Å². The maximum absolute atomic E-state index is 12.0. The molecule has 16 heavy (non-hydrogen) atoms. The number of carbonyl (C=O) groups is 1. The largest absolute Gasteiger partial charge is 0.497 e. The Hall–Kier alpha value is -1.09. The number of carbonyl (C=O) groups excluding carboxylic acids is 1. The van der Waals surface area contributed by atoms with Crippen molar-refractivity contribution in [2.75, 3.05) is 27.7 Å². The van der Waals surface area contributed by atoms with E-state index in [1.807, 2.05) is 45.8 Å². The Morgan fingerprint density at radius 3 is 2.38 bits per heavy atom. The van der Waals surface area contributed by atoms with Crippen LogP contribution in [-0.4, -0.2) is 38.4 Å². The number of Topliss-reactive ketones (excluding diaryl/α,β-unsaturated/α-hetero) is 1. The number of allylic oxidation sites excluding steroid dienone is 3. The van der Waals surface area contributed by atoms with Gasteiger partial charge >= 0.3 is 0 Å². The molecule has 0 aromatic rings. The highest BCUT2D eigenvalue weighted by Crippen LogP contribution is 2.10. The van der Waals surface area contributed by atoms with Crippen molar-refractivity contribution in [1.29, 1.82) is 0 Å². The van der Waals surface area contributed by atoms with E-state index in [1.54, 1.807) is 13.2 Å². The summed E-state index contributed by atoms with van der Waals surface area (Å²) in [6.07, 6.45) is 3.63. The van der Waals surface area contributed by atoms with Crippen LogP contribution >= 0.6 is 0 Å². The SMILES string of the molecule is C/C=C(\C=C(/C)C(=O)C(C)CN(C)C)OC. The zero-order valence-electron chi connectivity index (χ0n) is 11.2. The van der Waals surface area contributed by atoms with Crippen LogP contribution in [0.15, 0.2) is 23.5 Å². The molecule has 3 heteroatoms. The zero-order valence-corrected chi connectivity index (χ0v) is 11.2. The molecule has 0 amide bonds. The van der Waals surface area contributed by atoms with Gasteiger partial charge in [-0.3, -0.25) is 4.79 Å². The van der Waals surface area contributed by atoms with E-state index in [2.05, 4.69) is 0 Å². The van der Waals surface area contributed by atoms with Crippen LogP contribution in [0.1, 0.15) is 20.8 Å². The molecular formula is C13H23NO2. The number of ketones is 1. The zero-order chi connectivity index (χ0) is 12.7. The third kappa shape index (κ3) is 5.12. The van der Waals surface area contributed by atoms with Gasteiger partial charge in [-0.25, -0.2) is 0 Å². The predicted octanol–water partition coefficient (Wildman–Crippen LogP) is 2.25. The van der Waals surface area contributed by atoms with Crippen LogP contribution in [0.3, 0.4) is 0 Å². The topological polar surface area (TPSA) is 29.5 Å². The highest BCUT2D eigenvalue weighted by molar-refractivity contribution is 5.96. The standard InChI is InChI=1S/C13H23NO2/c1-7-12(16-6)8-10(2)13(15)11(3)9-14(4)5/h7-8,11H,9H2,1-6H3/b10-8+,12-7+. The maximum atomic E-state index is 12.0. The fourth-order valence-corrected chi connectivity index (χ4v) is 1.56. The number of hydrogen-bond donors (Lipinski definition) is 0. The van der Waals surface area contributed by atoms with E-state index < -0.39 is 0 Å². The second kappa shape index (κ2) is 7.23. The second-order valence-electron chi connectivity index (χ2n) is 4.25. The van der Waals surface area contributed by atoms with E-state index in [9.17, 15) is 4.79 Å². The van der Waals surface area contributed by atoms with Gasteiger partial charge in [0.15, 0.2) is 5.78 Å². The molecule has 92 valence electrons. The van der Waals surface area contributed by atoms with Gasteiger partial charge in [0, 0.05) is 12.5 Å². The summed E-state index contributed by atoms with van der Waals surface area (Å²) >= 11 is 0. The minimum Gasteiger partial charge on any atom is -0.497 e. The van der Waals surface area contributed by atoms with E-state index in [4.69, 9.17) is 4.74 Å². The monoisotopic (exact) mass is 225 g/mol. The lowest BCUT2D eigenvalue weighted by molar-refractivity contribution is -0.119. The lowest BCUT2D eigenvalue weighted by atomic mass is 9.99. The summed E-state index contributed by atoms with van der Waals surface area (Å²) in [5, 5.41) is 0. The van der Waals surface area contributed by atoms with Crippen molar-refractivity contribution in [3.63, 3.8) is 0 Å². The molecule has 0 saturated heterocycles. The van der Waals surface area contributed by atoms with Crippen LogP contribution in [0.4, 0.5) is 0 Å². The molecule has 0 aliphatic rings. The van der Waals surface area contributed by atoms with Gasteiger partial charge in [-0.1, -0.05) is 6.92 Å². The van der Waals surface area contributed by atoms with E-state index in [1.165, 1.54) is 0 Å². The molecule has 1 atom stereocenters. The average molecular weight is 225 g/mol. The first-order valence-electron chi connectivity index (χ1n) is 5.49. The molecule has 3 nitrogen and oxygen atoms in total.